The minimum atomic E-state index is -0.875. The molecule has 1 aliphatic heterocycles. The number of piperazine rings is 1. The fourth-order valence-electron chi connectivity index (χ4n) is 2.02. The second kappa shape index (κ2) is 4.53. The van der Waals surface area contributed by atoms with E-state index in [1.807, 2.05) is 12.1 Å². The second-order valence-electron chi connectivity index (χ2n) is 4.10. The molecule has 1 heterocycles. The molecule has 1 aromatic carbocycles. The summed E-state index contributed by atoms with van der Waals surface area (Å²) >= 11 is 0. The Morgan fingerprint density at radius 1 is 1.44 bits per heavy atom. The van der Waals surface area contributed by atoms with Gasteiger partial charge in [0.25, 0.3) is 0 Å². The van der Waals surface area contributed by atoms with Crippen molar-refractivity contribution in [3.8, 4) is 0 Å². The van der Waals surface area contributed by atoms with Crippen LogP contribution in [0.2, 0.25) is 0 Å². The van der Waals surface area contributed by atoms with Crippen molar-refractivity contribution in [2.24, 2.45) is 0 Å². The summed E-state index contributed by atoms with van der Waals surface area (Å²) in [5.41, 5.74) is 1.44. The largest absolute Gasteiger partial charge is 0.478 e. The number of carbonyl (C=O) groups is 1. The number of hydrogen-bond donors (Lipinski definition) is 2. The first kappa shape index (κ1) is 11.0. The Bertz CT molecular complexity index is 375. The Balaban J connectivity index is 2.17. The first-order valence-electron chi connectivity index (χ1n) is 5.49. The topological polar surface area (TPSA) is 52.6 Å². The van der Waals surface area contributed by atoms with Crippen molar-refractivity contribution in [3.63, 3.8) is 0 Å². The lowest BCUT2D eigenvalue weighted by Gasteiger charge is -2.35. The van der Waals surface area contributed by atoms with Crippen LogP contribution in [0.1, 0.15) is 17.3 Å². The van der Waals surface area contributed by atoms with Gasteiger partial charge in [-0.05, 0) is 31.2 Å². The van der Waals surface area contributed by atoms with Crippen LogP contribution in [-0.2, 0) is 0 Å². The van der Waals surface area contributed by atoms with Crippen LogP contribution in [0, 0.1) is 0 Å². The van der Waals surface area contributed by atoms with Gasteiger partial charge >= 0.3 is 5.97 Å². The van der Waals surface area contributed by atoms with E-state index in [4.69, 9.17) is 5.11 Å². The van der Waals surface area contributed by atoms with Gasteiger partial charge in [0.1, 0.15) is 0 Å². The van der Waals surface area contributed by atoms with Crippen molar-refractivity contribution in [2.45, 2.75) is 13.0 Å². The van der Waals surface area contributed by atoms with E-state index in [1.54, 1.807) is 12.1 Å². The van der Waals surface area contributed by atoms with Crippen LogP contribution in [-0.4, -0.2) is 36.8 Å². The number of aromatic carboxylic acids is 1. The van der Waals surface area contributed by atoms with Crippen LogP contribution in [0.5, 0.6) is 0 Å². The summed E-state index contributed by atoms with van der Waals surface area (Å²) in [4.78, 5) is 13.0. The maximum absolute atomic E-state index is 10.7. The van der Waals surface area contributed by atoms with Crippen molar-refractivity contribution in [1.29, 1.82) is 0 Å². The molecular formula is C12H16N2O2. The van der Waals surface area contributed by atoms with Crippen molar-refractivity contribution >= 4 is 11.7 Å². The average molecular weight is 220 g/mol. The Morgan fingerprint density at radius 2 is 2.12 bits per heavy atom. The molecule has 1 unspecified atom stereocenters. The molecule has 4 nitrogen and oxygen atoms in total. The van der Waals surface area contributed by atoms with Crippen LogP contribution >= 0.6 is 0 Å². The molecule has 0 amide bonds. The highest BCUT2D eigenvalue weighted by Gasteiger charge is 2.18. The lowest BCUT2D eigenvalue weighted by Crippen LogP contribution is -2.49. The molecule has 2 N–H and O–H groups in total. The minimum Gasteiger partial charge on any atom is -0.478 e. The van der Waals surface area contributed by atoms with E-state index in [9.17, 15) is 4.79 Å². The molecule has 0 aliphatic carbocycles. The highest BCUT2D eigenvalue weighted by Crippen LogP contribution is 2.18. The zero-order valence-corrected chi connectivity index (χ0v) is 9.31. The Morgan fingerprint density at radius 3 is 2.69 bits per heavy atom. The molecule has 2 rings (SSSR count). The van der Waals surface area contributed by atoms with E-state index in [2.05, 4.69) is 17.1 Å². The van der Waals surface area contributed by atoms with Crippen LogP contribution < -0.4 is 10.2 Å². The van der Waals surface area contributed by atoms with E-state index in [-0.39, 0.29) is 0 Å². The summed E-state index contributed by atoms with van der Waals surface area (Å²) < 4.78 is 0. The lowest BCUT2D eigenvalue weighted by atomic mass is 10.1. The highest BCUT2D eigenvalue weighted by molar-refractivity contribution is 5.88. The maximum Gasteiger partial charge on any atom is 0.335 e. The van der Waals surface area contributed by atoms with E-state index in [0.29, 0.717) is 11.6 Å². The van der Waals surface area contributed by atoms with Crippen LogP contribution in [0.4, 0.5) is 5.69 Å². The first-order chi connectivity index (χ1) is 7.68. The third-order valence-corrected chi connectivity index (χ3v) is 2.95. The molecule has 0 radical (unpaired) electrons. The number of nitrogens with zero attached hydrogens (tertiary/aromatic N) is 1. The molecule has 0 spiro atoms. The van der Waals surface area contributed by atoms with Crippen molar-refractivity contribution in [3.05, 3.63) is 29.8 Å². The van der Waals surface area contributed by atoms with Gasteiger partial charge in [-0.3, -0.25) is 0 Å². The summed E-state index contributed by atoms with van der Waals surface area (Å²) in [5, 5.41) is 12.1. The van der Waals surface area contributed by atoms with Gasteiger partial charge < -0.3 is 15.3 Å². The number of benzene rings is 1. The molecule has 1 saturated heterocycles. The quantitative estimate of drug-likeness (QED) is 0.786. The highest BCUT2D eigenvalue weighted by atomic mass is 16.4. The second-order valence-corrected chi connectivity index (χ2v) is 4.10. The zero-order chi connectivity index (χ0) is 11.5. The molecule has 0 saturated carbocycles. The van der Waals surface area contributed by atoms with E-state index in [0.717, 1.165) is 25.3 Å². The van der Waals surface area contributed by atoms with Gasteiger partial charge in [-0.1, -0.05) is 0 Å². The molecular weight excluding hydrogens is 204 g/mol. The number of rotatable bonds is 2. The van der Waals surface area contributed by atoms with Crippen molar-refractivity contribution < 1.29 is 9.90 Å². The number of anilines is 1. The number of carboxylic acids is 1. The molecule has 1 fully saturated rings. The Labute approximate surface area is 94.9 Å². The fraction of sp³-hybridized carbons (Fsp3) is 0.417. The predicted molar refractivity (Wildman–Crippen MR) is 63.1 cm³/mol. The Hall–Kier alpha value is -1.55. The Kier molecular flexibility index (Phi) is 3.10. The van der Waals surface area contributed by atoms with Gasteiger partial charge in [-0.25, -0.2) is 4.79 Å². The predicted octanol–water partition coefficient (Wildman–Crippen LogP) is 1.18. The van der Waals surface area contributed by atoms with E-state index >= 15 is 0 Å². The van der Waals surface area contributed by atoms with Gasteiger partial charge in [0.05, 0.1) is 5.56 Å². The van der Waals surface area contributed by atoms with Crippen molar-refractivity contribution in [1.82, 2.24) is 5.32 Å². The molecule has 86 valence electrons. The molecule has 1 aliphatic rings. The molecule has 0 aromatic heterocycles. The smallest absolute Gasteiger partial charge is 0.335 e. The standard InChI is InChI=1S/C12H16N2O2/c1-9-8-13-6-7-14(9)11-4-2-10(3-5-11)12(15)16/h2-5,9,13H,6-8H2,1H3,(H,15,16). The van der Waals surface area contributed by atoms with E-state index in [1.165, 1.54) is 0 Å². The summed E-state index contributed by atoms with van der Waals surface area (Å²) in [7, 11) is 0. The number of carboxylic acid groups (broad SMARTS) is 1. The third kappa shape index (κ3) is 2.17. The molecule has 1 aromatic rings. The zero-order valence-electron chi connectivity index (χ0n) is 9.31. The molecule has 4 heteroatoms. The van der Waals surface area contributed by atoms with Crippen LogP contribution in [0.15, 0.2) is 24.3 Å². The van der Waals surface area contributed by atoms with Gasteiger partial charge in [-0.2, -0.15) is 0 Å². The molecule has 1 atom stereocenters. The first-order valence-corrected chi connectivity index (χ1v) is 5.49. The lowest BCUT2D eigenvalue weighted by molar-refractivity contribution is 0.0697. The van der Waals surface area contributed by atoms with E-state index < -0.39 is 5.97 Å². The van der Waals surface area contributed by atoms with Crippen LogP contribution in [0.3, 0.4) is 0 Å². The van der Waals surface area contributed by atoms with Gasteiger partial charge in [0, 0.05) is 31.4 Å². The number of hydrogen-bond acceptors (Lipinski definition) is 3. The normalized spacial score (nSPS) is 20.8. The minimum absolute atomic E-state index is 0.339. The summed E-state index contributed by atoms with van der Waals surface area (Å²) in [6, 6.07) is 7.53. The number of nitrogens with one attached hydrogen (secondary N) is 1. The van der Waals surface area contributed by atoms with Gasteiger partial charge in [0.15, 0.2) is 0 Å². The average Bonchev–Trinajstić information content (AvgIpc) is 2.30. The monoisotopic (exact) mass is 220 g/mol. The summed E-state index contributed by atoms with van der Waals surface area (Å²) in [6.45, 7) is 5.08. The SMILES string of the molecule is CC1CNCCN1c1ccc(C(=O)O)cc1. The van der Waals surface area contributed by atoms with Crippen LogP contribution in [0.25, 0.3) is 0 Å². The summed E-state index contributed by atoms with van der Waals surface area (Å²) in [5.74, 6) is -0.875. The van der Waals surface area contributed by atoms with Crippen molar-refractivity contribution in [2.75, 3.05) is 24.5 Å². The fourth-order valence-corrected chi connectivity index (χ4v) is 2.02. The third-order valence-electron chi connectivity index (χ3n) is 2.95. The van der Waals surface area contributed by atoms with Gasteiger partial charge in [-0.15, -0.1) is 0 Å². The maximum atomic E-state index is 10.7. The van der Waals surface area contributed by atoms with Gasteiger partial charge in [0.2, 0.25) is 0 Å². The molecule has 0 bridgehead atoms. The molecule has 16 heavy (non-hydrogen) atoms. The summed E-state index contributed by atoms with van der Waals surface area (Å²) in [6.07, 6.45) is 0.